The minimum atomic E-state index is -3.85. The number of anilines is 2. The van der Waals surface area contributed by atoms with Crippen LogP contribution in [0.2, 0.25) is 10.0 Å². The Morgan fingerprint density at radius 1 is 0.741 bits per heavy atom. The number of nitrogens with zero attached hydrogens (tertiary/aromatic N) is 5. The van der Waals surface area contributed by atoms with Crippen LogP contribution in [0, 0.1) is 6.92 Å². The quantitative estimate of drug-likeness (QED) is 0.0976. The van der Waals surface area contributed by atoms with Crippen LogP contribution in [-0.2, 0) is 30.9 Å². The second kappa shape index (κ2) is 17.4. The van der Waals surface area contributed by atoms with E-state index in [1.165, 1.54) is 4.68 Å². The molecule has 6 rings (SSSR count). The van der Waals surface area contributed by atoms with Crippen LogP contribution in [0.15, 0.2) is 114 Å². The number of nitrogens with one attached hydrogen (secondary N) is 2. The summed E-state index contributed by atoms with van der Waals surface area (Å²) in [4.78, 5) is 0.354. The number of hydrogen-bond acceptors (Lipinski definition) is 9. The van der Waals surface area contributed by atoms with Gasteiger partial charge in [0, 0.05) is 15.6 Å². The lowest BCUT2D eigenvalue weighted by Gasteiger charge is -2.20. The number of azo groups is 1. The number of hydrogen-bond donors (Lipinski definition) is 3. The van der Waals surface area contributed by atoms with Gasteiger partial charge < -0.3 is 5.11 Å². The molecular weight excluding hydrogens is 932 g/mol. The molecular formula is C41H46Cl2IN7O5S2. The Bertz CT molecular complexity index is 2600. The van der Waals surface area contributed by atoms with Crippen molar-refractivity contribution in [3.63, 3.8) is 0 Å². The molecule has 2 atom stereocenters. The van der Waals surface area contributed by atoms with E-state index >= 15 is 0 Å². The van der Waals surface area contributed by atoms with Crippen LogP contribution < -0.4 is 9.44 Å². The van der Waals surface area contributed by atoms with Gasteiger partial charge in [-0.1, -0.05) is 94.2 Å². The second-order valence-electron chi connectivity index (χ2n) is 15.9. The smallest absolute Gasteiger partial charge is 0.261 e. The van der Waals surface area contributed by atoms with Gasteiger partial charge in [-0.05, 0) is 132 Å². The maximum Gasteiger partial charge on any atom is 0.261 e. The first-order valence-electron chi connectivity index (χ1n) is 18.1. The van der Waals surface area contributed by atoms with Crippen molar-refractivity contribution in [3.05, 3.63) is 132 Å². The lowest BCUT2D eigenvalue weighted by atomic mass is 9.87. The Kier molecular flexibility index (Phi) is 13.6. The summed E-state index contributed by atoms with van der Waals surface area (Å²) in [5.74, 6) is 0. The Balaban J connectivity index is 0.000000221. The molecule has 0 saturated carbocycles. The van der Waals surface area contributed by atoms with E-state index in [-0.39, 0.29) is 26.7 Å². The van der Waals surface area contributed by atoms with Gasteiger partial charge in [0.25, 0.3) is 20.0 Å². The predicted octanol–water partition coefficient (Wildman–Crippen LogP) is 11.0. The number of aliphatic hydroxyl groups is 1. The summed E-state index contributed by atoms with van der Waals surface area (Å²) in [6.45, 7) is 17.7. The topological polar surface area (TPSA) is 168 Å². The summed E-state index contributed by atoms with van der Waals surface area (Å²) in [5, 5.41) is 27.2. The highest BCUT2D eigenvalue weighted by Crippen LogP contribution is 2.41. The van der Waals surface area contributed by atoms with E-state index in [2.05, 4.69) is 94.1 Å². The number of rotatable bonds is 9. The number of aromatic nitrogens is 3. The van der Waals surface area contributed by atoms with Crippen LogP contribution in [0.25, 0.3) is 5.69 Å². The molecule has 5 aromatic rings. The normalized spacial score (nSPS) is 15.2. The Hall–Kier alpha value is -3.87. The molecule has 3 N–H and O–H groups in total. The van der Waals surface area contributed by atoms with Crippen LogP contribution in [0.3, 0.4) is 0 Å². The van der Waals surface area contributed by atoms with Crippen molar-refractivity contribution in [2.24, 2.45) is 10.2 Å². The van der Waals surface area contributed by atoms with Gasteiger partial charge in [0.1, 0.15) is 15.4 Å². The van der Waals surface area contributed by atoms with Gasteiger partial charge in [0.05, 0.1) is 38.7 Å². The summed E-state index contributed by atoms with van der Waals surface area (Å²) in [6, 6.07) is 23.2. The van der Waals surface area contributed by atoms with E-state index in [9.17, 15) is 21.9 Å². The fourth-order valence-electron chi connectivity index (χ4n) is 5.93. The standard InChI is InChI=1S/C21H25ClN4O3S.C20H21ClIN3O2S/c1-13-20(14(2)27)23-25-26(13)19-12-16(22)8-11-18(19)24-30(28,29)17-9-6-15(7-10-17)21(3,4)5;1-12-18(23-24-19(12)22)16-11-14(21)7-10-17(16)25-28(26,27)15-8-5-13(6-9-15)20(2,3)4/h6-12,14,24,27H,1-5H3;5-11,18,25H,1-4H3. The molecule has 1 aromatic heterocycles. The summed E-state index contributed by atoms with van der Waals surface area (Å²) >= 11 is 14.4. The lowest BCUT2D eigenvalue weighted by molar-refractivity contribution is 0.193. The molecule has 1 aliphatic rings. The van der Waals surface area contributed by atoms with Crippen LogP contribution in [0.1, 0.15) is 95.6 Å². The first kappa shape index (κ1) is 45.2. The van der Waals surface area contributed by atoms with Crippen molar-refractivity contribution in [2.45, 2.75) is 95.1 Å². The molecule has 17 heteroatoms. The molecule has 0 bridgehead atoms. The van der Waals surface area contributed by atoms with E-state index in [1.807, 2.05) is 31.2 Å². The fourth-order valence-corrected chi connectivity index (χ4v) is 8.86. The van der Waals surface area contributed by atoms with Gasteiger partial charge in [0.15, 0.2) is 0 Å². The average molecular weight is 979 g/mol. The molecule has 2 unspecified atom stereocenters. The molecule has 0 spiro atoms. The summed E-state index contributed by atoms with van der Waals surface area (Å²) in [5.41, 5.74) is 5.76. The number of aliphatic hydroxyl groups excluding tert-OH is 1. The van der Waals surface area contributed by atoms with Gasteiger partial charge in [-0.15, -0.1) is 10.2 Å². The Morgan fingerprint density at radius 2 is 1.21 bits per heavy atom. The summed E-state index contributed by atoms with van der Waals surface area (Å²) in [6.07, 6.45) is -0.806. The summed E-state index contributed by atoms with van der Waals surface area (Å²) < 4.78 is 59.5. The zero-order valence-corrected chi connectivity index (χ0v) is 38.8. The molecule has 308 valence electrons. The molecule has 0 saturated heterocycles. The van der Waals surface area contributed by atoms with Crippen molar-refractivity contribution in [2.75, 3.05) is 9.44 Å². The van der Waals surface area contributed by atoms with Crippen molar-refractivity contribution in [3.8, 4) is 5.69 Å². The minimum absolute atomic E-state index is 0.0481. The summed E-state index contributed by atoms with van der Waals surface area (Å²) in [7, 11) is -7.60. The molecule has 2 heterocycles. The molecule has 0 radical (unpaired) electrons. The average Bonchev–Trinajstić information content (AvgIpc) is 3.69. The van der Waals surface area contributed by atoms with Gasteiger partial charge in [-0.3, -0.25) is 9.44 Å². The Labute approximate surface area is 364 Å². The Morgan fingerprint density at radius 3 is 1.64 bits per heavy atom. The zero-order chi connectivity index (χ0) is 43.0. The highest BCUT2D eigenvalue weighted by Gasteiger charge is 2.27. The molecule has 0 amide bonds. The van der Waals surface area contributed by atoms with Crippen LogP contribution in [-0.4, -0.2) is 36.9 Å². The maximum atomic E-state index is 13.0. The highest BCUT2D eigenvalue weighted by atomic mass is 127. The predicted molar refractivity (Wildman–Crippen MR) is 239 cm³/mol. The van der Waals surface area contributed by atoms with Crippen LogP contribution >= 0.6 is 45.8 Å². The first-order chi connectivity index (χ1) is 26.9. The molecule has 0 aliphatic carbocycles. The van der Waals surface area contributed by atoms with E-state index in [0.29, 0.717) is 44.1 Å². The SMILES string of the molecule is CC1=C(I)N=NC1c1cc(Cl)ccc1NS(=O)(=O)c1ccc(C(C)(C)C)cc1.Cc1c(C(C)O)nnn1-c1cc(Cl)ccc1NS(=O)(=O)c1ccc(C(C)(C)C)cc1. The van der Waals surface area contributed by atoms with Gasteiger partial charge in [0.2, 0.25) is 0 Å². The largest absolute Gasteiger partial charge is 0.387 e. The number of sulfonamides is 2. The van der Waals surface area contributed by atoms with Crippen molar-refractivity contribution in [1.29, 1.82) is 0 Å². The highest BCUT2D eigenvalue weighted by molar-refractivity contribution is 14.1. The van der Waals surface area contributed by atoms with Crippen LogP contribution in [0.4, 0.5) is 11.4 Å². The fraction of sp³-hybridized carbons (Fsp3) is 0.317. The monoisotopic (exact) mass is 977 g/mol. The van der Waals surface area contributed by atoms with E-state index < -0.39 is 26.2 Å². The van der Waals surface area contributed by atoms with Crippen molar-refractivity contribution >= 4 is 77.2 Å². The maximum absolute atomic E-state index is 13.0. The lowest BCUT2D eigenvalue weighted by Crippen LogP contribution is -2.16. The third-order valence-electron chi connectivity index (χ3n) is 9.37. The van der Waals surface area contributed by atoms with Gasteiger partial charge in [-0.2, -0.15) is 5.11 Å². The molecule has 58 heavy (non-hydrogen) atoms. The van der Waals surface area contributed by atoms with E-state index in [0.717, 1.165) is 20.4 Å². The minimum Gasteiger partial charge on any atom is -0.387 e. The zero-order valence-electron chi connectivity index (χ0n) is 33.5. The molecule has 4 aromatic carbocycles. The molecule has 12 nitrogen and oxygen atoms in total. The number of halogens is 3. The third kappa shape index (κ3) is 10.5. The number of benzene rings is 4. The van der Waals surface area contributed by atoms with Crippen LogP contribution in [0.5, 0.6) is 0 Å². The van der Waals surface area contributed by atoms with E-state index in [1.54, 1.807) is 74.5 Å². The van der Waals surface area contributed by atoms with E-state index in [4.69, 9.17) is 23.2 Å². The molecule has 1 aliphatic heterocycles. The third-order valence-corrected chi connectivity index (χ3v) is 13.7. The molecule has 0 fully saturated rings. The van der Waals surface area contributed by atoms with Gasteiger partial charge in [-0.25, -0.2) is 21.5 Å². The van der Waals surface area contributed by atoms with Gasteiger partial charge >= 0.3 is 0 Å². The van der Waals surface area contributed by atoms with Crippen molar-refractivity contribution in [1.82, 2.24) is 15.0 Å². The second-order valence-corrected chi connectivity index (χ2v) is 21.2. The van der Waals surface area contributed by atoms with Crippen molar-refractivity contribution < 1.29 is 21.9 Å². The first-order valence-corrected chi connectivity index (χ1v) is 22.9.